The first kappa shape index (κ1) is 30.3. The highest BCUT2D eigenvalue weighted by Crippen LogP contribution is 2.53. The van der Waals surface area contributed by atoms with Gasteiger partial charge in [-0.25, -0.2) is 0 Å². The molecule has 6 atom stereocenters. The van der Waals surface area contributed by atoms with Crippen molar-refractivity contribution < 1.29 is 28.5 Å². The molecule has 232 valence electrons. The lowest BCUT2D eigenvalue weighted by atomic mass is 9.92. The van der Waals surface area contributed by atoms with Crippen LogP contribution in [-0.4, -0.2) is 85.9 Å². The van der Waals surface area contributed by atoms with Crippen LogP contribution in [0.15, 0.2) is 30.3 Å². The van der Waals surface area contributed by atoms with E-state index in [1.807, 2.05) is 39.0 Å². The predicted molar refractivity (Wildman–Crippen MR) is 164 cm³/mol. The molecule has 6 rings (SSSR count). The molecule has 6 unspecified atom stereocenters. The van der Waals surface area contributed by atoms with E-state index >= 15 is 0 Å². The van der Waals surface area contributed by atoms with Crippen LogP contribution in [0.25, 0.3) is 0 Å². The van der Waals surface area contributed by atoms with Gasteiger partial charge in [0.15, 0.2) is 0 Å². The van der Waals surface area contributed by atoms with E-state index in [4.69, 9.17) is 18.9 Å². The molecular formula is C35H46N2O6. The highest BCUT2D eigenvalue weighted by atomic mass is 16.5. The van der Waals surface area contributed by atoms with Crippen LogP contribution in [-0.2, 0) is 19.1 Å². The summed E-state index contributed by atoms with van der Waals surface area (Å²) in [6.07, 6.45) is 3.36. The first-order chi connectivity index (χ1) is 20.7. The SMILES string of the molecule is Cc1cccc(C)c1OC(=O)CN1CC(C)OC(C2CC2c2ccc(C)c(OC(=O)CN3CCCC4COCC43)c2C)C1. The number of benzene rings is 2. The molecule has 0 bridgehead atoms. The van der Waals surface area contributed by atoms with Crippen molar-refractivity contribution in [2.45, 2.75) is 78.0 Å². The molecule has 0 radical (unpaired) electrons. The van der Waals surface area contributed by atoms with Crippen LogP contribution in [0.3, 0.4) is 0 Å². The number of carbonyl (C=O) groups excluding carboxylic acids is 2. The third kappa shape index (κ3) is 6.68. The molecule has 4 fully saturated rings. The fraction of sp³-hybridized carbons (Fsp3) is 0.600. The normalized spacial score (nSPS) is 29.2. The van der Waals surface area contributed by atoms with Gasteiger partial charge in [-0.15, -0.1) is 0 Å². The number of piperidine rings is 1. The lowest BCUT2D eigenvalue weighted by molar-refractivity contribution is -0.140. The fourth-order valence-electron chi connectivity index (χ4n) is 7.61. The van der Waals surface area contributed by atoms with Crippen molar-refractivity contribution >= 4 is 11.9 Å². The van der Waals surface area contributed by atoms with Crippen molar-refractivity contribution in [1.82, 2.24) is 9.80 Å². The van der Waals surface area contributed by atoms with Gasteiger partial charge in [-0.1, -0.05) is 30.3 Å². The first-order valence-electron chi connectivity index (χ1n) is 15.9. The third-order valence-corrected chi connectivity index (χ3v) is 9.90. The van der Waals surface area contributed by atoms with Crippen molar-refractivity contribution in [3.8, 4) is 11.5 Å². The summed E-state index contributed by atoms with van der Waals surface area (Å²) >= 11 is 0. The summed E-state index contributed by atoms with van der Waals surface area (Å²) < 4.78 is 24.0. The van der Waals surface area contributed by atoms with Gasteiger partial charge < -0.3 is 18.9 Å². The van der Waals surface area contributed by atoms with Crippen LogP contribution in [0.1, 0.15) is 59.9 Å². The molecule has 0 spiro atoms. The maximum Gasteiger partial charge on any atom is 0.325 e. The molecule has 0 N–H and O–H groups in total. The zero-order valence-electron chi connectivity index (χ0n) is 26.3. The number of hydrogen-bond acceptors (Lipinski definition) is 8. The number of morpholine rings is 1. The zero-order chi connectivity index (χ0) is 30.2. The second-order valence-electron chi connectivity index (χ2n) is 13.3. The lowest BCUT2D eigenvalue weighted by Gasteiger charge is -2.36. The van der Waals surface area contributed by atoms with Crippen LogP contribution in [0.4, 0.5) is 0 Å². The largest absolute Gasteiger partial charge is 0.425 e. The van der Waals surface area contributed by atoms with Gasteiger partial charge in [0.05, 0.1) is 38.5 Å². The summed E-state index contributed by atoms with van der Waals surface area (Å²) in [5.74, 6) is 2.15. The molecule has 2 aromatic rings. The first-order valence-corrected chi connectivity index (χ1v) is 15.9. The third-order valence-electron chi connectivity index (χ3n) is 9.90. The minimum absolute atomic E-state index is 0.0308. The van der Waals surface area contributed by atoms with E-state index in [9.17, 15) is 9.59 Å². The molecule has 8 nitrogen and oxygen atoms in total. The number of para-hydroxylation sites is 1. The highest BCUT2D eigenvalue weighted by molar-refractivity contribution is 5.76. The van der Waals surface area contributed by atoms with Gasteiger partial charge >= 0.3 is 11.9 Å². The Morgan fingerprint density at radius 3 is 2.42 bits per heavy atom. The quantitative estimate of drug-likeness (QED) is 0.323. The van der Waals surface area contributed by atoms with Crippen molar-refractivity contribution in [3.63, 3.8) is 0 Å². The Morgan fingerprint density at radius 1 is 0.907 bits per heavy atom. The van der Waals surface area contributed by atoms with E-state index in [0.29, 0.717) is 61.5 Å². The van der Waals surface area contributed by atoms with E-state index in [1.165, 1.54) is 12.0 Å². The van der Waals surface area contributed by atoms with Crippen LogP contribution in [0.2, 0.25) is 0 Å². The number of likely N-dealkylation sites (tertiary alicyclic amines) is 1. The van der Waals surface area contributed by atoms with Crippen molar-refractivity contribution in [2.75, 3.05) is 45.9 Å². The Labute approximate surface area is 255 Å². The minimum atomic E-state index is -0.237. The topological polar surface area (TPSA) is 77.5 Å². The Balaban J connectivity index is 1.07. The van der Waals surface area contributed by atoms with Crippen LogP contribution >= 0.6 is 0 Å². The predicted octanol–water partition coefficient (Wildman–Crippen LogP) is 4.73. The van der Waals surface area contributed by atoms with E-state index in [-0.39, 0.29) is 30.7 Å². The lowest BCUT2D eigenvalue weighted by Crippen LogP contribution is -2.49. The molecule has 3 aliphatic heterocycles. The van der Waals surface area contributed by atoms with E-state index < -0.39 is 0 Å². The van der Waals surface area contributed by atoms with E-state index in [0.717, 1.165) is 48.2 Å². The van der Waals surface area contributed by atoms with Crippen molar-refractivity contribution in [1.29, 1.82) is 0 Å². The van der Waals surface area contributed by atoms with Crippen molar-refractivity contribution in [2.24, 2.45) is 11.8 Å². The molecule has 1 saturated carbocycles. The molecule has 3 saturated heterocycles. The molecule has 2 aromatic carbocycles. The van der Waals surface area contributed by atoms with Gasteiger partial charge in [0.25, 0.3) is 0 Å². The average molecular weight is 591 g/mol. The fourth-order valence-corrected chi connectivity index (χ4v) is 7.61. The van der Waals surface area contributed by atoms with Gasteiger partial charge in [0.1, 0.15) is 11.5 Å². The molecule has 8 heteroatoms. The molecule has 3 heterocycles. The summed E-state index contributed by atoms with van der Waals surface area (Å²) in [5, 5.41) is 0. The zero-order valence-corrected chi connectivity index (χ0v) is 26.3. The maximum absolute atomic E-state index is 13.1. The van der Waals surface area contributed by atoms with E-state index in [1.54, 1.807) is 0 Å². The average Bonchev–Trinajstić information content (AvgIpc) is 3.59. The summed E-state index contributed by atoms with van der Waals surface area (Å²) in [7, 11) is 0. The number of nitrogens with zero attached hydrogens (tertiary/aromatic N) is 2. The van der Waals surface area contributed by atoms with Crippen LogP contribution in [0.5, 0.6) is 11.5 Å². The van der Waals surface area contributed by atoms with Crippen LogP contribution < -0.4 is 9.47 Å². The van der Waals surface area contributed by atoms with Gasteiger partial charge in [0, 0.05) is 25.0 Å². The monoisotopic (exact) mass is 590 g/mol. The number of fused-ring (bicyclic) bond motifs is 1. The smallest absolute Gasteiger partial charge is 0.325 e. The molecule has 43 heavy (non-hydrogen) atoms. The second kappa shape index (κ2) is 12.7. The van der Waals surface area contributed by atoms with Gasteiger partial charge in [-0.05, 0) is 100 Å². The number of hydrogen-bond donors (Lipinski definition) is 0. The Kier molecular flexibility index (Phi) is 8.92. The highest BCUT2D eigenvalue weighted by Gasteiger charge is 2.48. The Bertz CT molecular complexity index is 1340. The van der Waals surface area contributed by atoms with Gasteiger partial charge in [-0.3, -0.25) is 19.4 Å². The summed E-state index contributed by atoms with van der Waals surface area (Å²) in [4.78, 5) is 30.4. The number of aryl methyl sites for hydroxylation is 3. The van der Waals surface area contributed by atoms with Gasteiger partial charge in [-0.2, -0.15) is 0 Å². The Morgan fingerprint density at radius 2 is 1.63 bits per heavy atom. The number of rotatable bonds is 8. The second-order valence-corrected chi connectivity index (χ2v) is 13.3. The van der Waals surface area contributed by atoms with Crippen LogP contribution in [0, 0.1) is 39.5 Å². The van der Waals surface area contributed by atoms with Crippen molar-refractivity contribution in [3.05, 3.63) is 58.1 Å². The summed E-state index contributed by atoms with van der Waals surface area (Å²) in [6, 6.07) is 10.5. The molecule has 0 amide bonds. The number of esters is 2. The van der Waals surface area contributed by atoms with E-state index in [2.05, 4.69) is 35.8 Å². The van der Waals surface area contributed by atoms with Gasteiger partial charge in [0.2, 0.25) is 0 Å². The molecule has 4 aliphatic rings. The standard InChI is InChI=1S/C35H46N2O6/c1-21-8-6-9-22(2)34(21)42-32(38)17-36-15-24(4)41-31(16-36)29-14-28(29)27-12-11-23(3)35(25(27)5)43-33(39)18-37-13-7-10-26-19-40-20-30(26)37/h6,8-9,11-12,24,26,28-31H,7,10,13-20H2,1-5H3. The number of carbonyl (C=O) groups is 2. The molecular weight excluding hydrogens is 544 g/mol. The summed E-state index contributed by atoms with van der Waals surface area (Å²) in [5.41, 5.74) is 5.17. The molecule has 1 aliphatic carbocycles. The number of ether oxygens (including phenoxy) is 4. The minimum Gasteiger partial charge on any atom is -0.425 e. The Hall–Kier alpha value is -2.78. The molecule has 0 aromatic heterocycles. The maximum atomic E-state index is 13.1. The summed E-state index contributed by atoms with van der Waals surface area (Å²) in [6.45, 7) is 14.4.